The van der Waals surface area contributed by atoms with Crippen LogP contribution in [0, 0.1) is 0 Å². The number of methoxy groups -OCH3 is 1. The average Bonchev–Trinajstić information content (AvgIpc) is 3.00. The molecule has 0 unspecified atom stereocenters. The van der Waals surface area contributed by atoms with Gasteiger partial charge in [0.2, 0.25) is 0 Å². The maximum Gasteiger partial charge on any atom is 0.275 e. The third kappa shape index (κ3) is 3.22. The minimum absolute atomic E-state index is 0.224. The topological polar surface area (TPSA) is 67.6 Å². The van der Waals surface area contributed by atoms with Crippen LogP contribution in [-0.4, -0.2) is 58.1 Å². The first kappa shape index (κ1) is 16.3. The van der Waals surface area contributed by atoms with Crippen LogP contribution in [-0.2, 0) is 11.3 Å². The maximum atomic E-state index is 12.5. The molecule has 1 saturated carbocycles. The fourth-order valence-electron chi connectivity index (χ4n) is 2.81. The zero-order chi connectivity index (χ0) is 15.6. The number of hydrogen-bond donors (Lipinski definition) is 1. The minimum Gasteiger partial charge on any atom is -0.388 e. The molecule has 1 aromatic rings. The highest BCUT2D eigenvalue weighted by atomic mass is 35.5. The summed E-state index contributed by atoms with van der Waals surface area (Å²) in [6.07, 6.45) is 3.11. The van der Waals surface area contributed by atoms with Gasteiger partial charge in [0.15, 0.2) is 5.69 Å². The molecule has 0 spiro atoms. The SMILES string of the molecule is CCCn1cc(Cl)c(C(=O)N(C)[C@@H]2CC[C@@H](OC)[C@@H]2O)n1. The quantitative estimate of drug-likeness (QED) is 0.895. The summed E-state index contributed by atoms with van der Waals surface area (Å²) in [7, 11) is 3.24. The van der Waals surface area contributed by atoms with E-state index < -0.39 is 6.10 Å². The first-order valence-corrected chi connectivity index (χ1v) is 7.58. The van der Waals surface area contributed by atoms with Crippen molar-refractivity contribution in [3.8, 4) is 0 Å². The highest BCUT2D eigenvalue weighted by Gasteiger charge is 2.39. The number of aliphatic hydroxyl groups excluding tert-OH is 1. The molecule has 2 rings (SSSR count). The van der Waals surface area contributed by atoms with Crippen molar-refractivity contribution in [1.82, 2.24) is 14.7 Å². The molecule has 0 aromatic carbocycles. The van der Waals surface area contributed by atoms with E-state index in [1.54, 1.807) is 25.0 Å². The zero-order valence-corrected chi connectivity index (χ0v) is 13.4. The molecule has 1 heterocycles. The third-order valence-corrected chi connectivity index (χ3v) is 4.29. The van der Waals surface area contributed by atoms with Crippen molar-refractivity contribution in [3.05, 3.63) is 16.9 Å². The van der Waals surface area contributed by atoms with Crippen molar-refractivity contribution in [3.63, 3.8) is 0 Å². The molecule has 1 N–H and O–H groups in total. The molecule has 1 aromatic heterocycles. The predicted octanol–water partition coefficient (Wildman–Crippen LogP) is 1.56. The van der Waals surface area contributed by atoms with Crippen molar-refractivity contribution in [2.75, 3.05) is 14.2 Å². The summed E-state index contributed by atoms with van der Waals surface area (Å²) >= 11 is 6.10. The van der Waals surface area contributed by atoms with Gasteiger partial charge < -0.3 is 14.7 Å². The predicted molar refractivity (Wildman–Crippen MR) is 79.4 cm³/mol. The average molecular weight is 316 g/mol. The lowest BCUT2D eigenvalue weighted by molar-refractivity contribution is -0.0157. The van der Waals surface area contributed by atoms with Gasteiger partial charge in [0.25, 0.3) is 5.91 Å². The number of hydrogen-bond acceptors (Lipinski definition) is 4. The first-order chi connectivity index (χ1) is 9.99. The lowest BCUT2D eigenvalue weighted by Crippen LogP contribution is -2.44. The van der Waals surface area contributed by atoms with Gasteiger partial charge in [-0.15, -0.1) is 0 Å². The highest BCUT2D eigenvalue weighted by Crippen LogP contribution is 2.27. The second-order valence-corrected chi connectivity index (χ2v) is 5.82. The third-order valence-electron chi connectivity index (χ3n) is 4.01. The van der Waals surface area contributed by atoms with E-state index in [1.807, 2.05) is 6.92 Å². The minimum atomic E-state index is -0.680. The Morgan fingerprint density at radius 3 is 2.90 bits per heavy atom. The van der Waals surface area contributed by atoms with Crippen LogP contribution in [0.4, 0.5) is 0 Å². The summed E-state index contributed by atoms with van der Waals surface area (Å²) in [6.45, 7) is 2.75. The Morgan fingerprint density at radius 1 is 1.62 bits per heavy atom. The van der Waals surface area contributed by atoms with Crippen LogP contribution in [0.3, 0.4) is 0 Å². The second kappa shape index (κ2) is 6.77. The molecule has 1 amide bonds. The van der Waals surface area contributed by atoms with Crippen molar-refractivity contribution < 1.29 is 14.6 Å². The monoisotopic (exact) mass is 315 g/mol. The molecule has 6 nitrogen and oxygen atoms in total. The molecule has 7 heteroatoms. The van der Waals surface area contributed by atoms with Crippen LogP contribution < -0.4 is 0 Å². The molecular weight excluding hydrogens is 294 g/mol. The molecule has 21 heavy (non-hydrogen) atoms. The number of nitrogens with zero attached hydrogens (tertiary/aromatic N) is 3. The Labute approximate surface area is 129 Å². The van der Waals surface area contributed by atoms with Gasteiger partial charge in [-0.05, 0) is 19.3 Å². The number of ether oxygens (including phenoxy) is 1. The van der Waals surface area contributed by atoms with E-state index >= 15 is 0 Å². The molecule has 0 bridgehead atoms. The number of carbonyl (C=O) groups excluding carboxylic acids is 1. The van der Waals surface area contributed by atoms with E-state index in [0.29, 0.717) is 18.0 Å². The normalized spacial score (nSPS) is 25.3. The van der Waals surface area contributed by atoms with Crippen LogP contribution >= 0.6 is 11.6 Å². The Balaban J connectivity index is 2.12. The summed E-state index contributed by atoms with van der Waals surface area (Å²) < 4.78 is 6.89. The standard InChI is InChI=1S/C14H22ClN3O3/c1-4-7-18-8-9(15)12(16-18)14(20)17(2)10-5-6-11(21-3)13(10)19/h8,10-11,13,19H,4-7H2,1-3H3/t10-,11-,13-/m1/s1. The molecule has 118 valence electrons. The van der Waals surface area contributed by atoms with Gasteiger partial charge in [0.05, 0.1) is 17.2 Å². The second-order valence-electron chi connectivity index (χ2n) is 5.41. The van der Waals surface area contributed by atoms with Crippen LogP contribution in [0.1, 0.15) is 36.7 Å². The van der Waals surface area contributed by atoms with Gasteiger partial charge in [-0.3, -0.25) is 9.48 Å². The number of aryl methyl sites for hydroxylation is 1. The first-order valence-electron chi connectivity index (χ1n) is 7.20. The number of rotatable bonds is 5. The fraction of sp³-hybridized carbons (Fsp3) is 0.714. The molecule has 0 aliphatic heterocycles. The highest BCUT2D eigenvalue weighted by molar-refractivity contribution is 6.33. The van der Waals surface area contributed by atoms with Gasteiger partial charge in [-0.2, -0.15) is 5.10 Å². The summed E-state index contributed by atoms with van der Waals surface area (Å²) in [4.78, 5) is 14.0. The lowest BCUT2D eigenvalue weighted by atomic mass is 10.1. The van der Waals surface area contributed by atoms with Crippen LogP contribution in [0.5, 0.6) is 0 Å². The van der Waals surface area contributed by atoms with Crippen LogP contribution in [0.15, 0.2) is 6.20 Å². The van der Waals surface area contributed by atoms with Gasteiger partial charge in [-0.25, -0.2) is 0 Å². The van der Waals surface area contributed by atoms with E-state index in [4.69, 9.17) is 16.3 Å². The van der Waals surface area contributed by atoms with Crippen molar-refractivity contribution >= 4 is 17.5 Å². The summed E-state index contributed by atoms with van der Waals surface area (Å²) in [5, 5.41) is 14.8. The van der Waals surface area contributed by atoms with Crippen molar-refractivity contribution in [2.45, 2.75) is 51.0 Å². The maximum absolute atomic E-state index is 12.5. The number of amides is 1. The number of likely N-dealkylation sites (N-methyl/N-ethyl adjacent to an activating group) is 1. The zero-order valence-electron chi connectivity index (χ0n) is 12.6. The largest absolute Gasteiger partial charge is 0.388 e. The number of aliphatic hydroxyl groups is 1. The Morgan fingerprint density at radius 2 is 2.33 bits per heavy atom. The lowest BCUT2D eigenvalue weighted by Gasteiger charge is -2.27. The number of halogens is 1. The van der Waals surface area contributed by atoms with Gasteiger partial charge in [0, 0.05) is 26.9 Å². The number of aromatic nitrogens is 2. The van der Waals surface area contributed by atoms with Gasteiger partial charge in [0.1, 0.15) is 6.10 Å². The van der Waals surface area contributed by atoms with E-state index in [2.05, 4.69) is 5.10 Å². The molecule has 1 aliphatic rings. The summed E-state index contributed by atoms with van der Waals surface area (Å²) in [5.41, 5.74) is 0.237. The molecule has 1 fully saturated rings. The molecule has 1 aliphatic carbocycles. The smallest absolute Gasteiger partial charge is 0.275 e. The van der Waals surface area contributed by atoms with E-state index in [0.717, 1.165) is 12.8 Å². The van der Waals surface area contributed by atoms with E-state index in [1.165, 1.54) is 4.90 Å². The Kier molecular flexibility index (Phi) is 5.24. The van der Waals surface area contributed by atoms with Gasteiger partial charge in [-0.1, -0.05) is 18.5 Å². The molecule has 0 saturated heterocycles. The van der Waals surface area contributed by atoms with E-state index in [9.17, 15) is 9.90 Å². The molecular formula is C14H22ClN3O3. The van der Waals surface area contributed by atoms with Crippen molar-refractivity contribution in [2.24, 2.45) is 0 Å². The van der Waals surface area contributed by atoms with Crippen LogP contribution in [0.25, 0.3) is 0 Å². The Bertz CT molecular complexity index is 506. The summed E-state index contributed by atoms with van der Waals surface area (Å²) in [5.74, 6) is -0.268. The molecule has 3 atom stereocenters. The fourth-order valence-corrected chi connectivity index (χ4v) is 3.04. The van der Waals surface area contributed by atoms with Crippen LogP contribution in [0.2, 0.25) is 5.02 Å². The Hall–Kier alpha value is -1.11. The molecule has 0 radical (unpaired) electrons. The van der Waals surface area contributed by atoms with Crippen molar-refractivity contribution in [1.29, 1.82) is 0 Å². The van der Waals surface area contributed by atoms with Gasteiger partial charge >= 0.3 is 0 Å². The van der Waals surface area contributed by atoms with E-state index in [-0.39, 0.29) is 23.7 Å². The summed E-state index contributed by atoms with van der Waals surface area (Å²) in [6, 6.07) is -0.269. The number of carbonyl (C=O) groups is 1.